The Kier molecular flexibility index (Phi) is 14.1. The van der Waals surface area contributed by atoms with E-state index in [0.29, 0.717) is 102 Å². The van der Waals surface area contributed by atoms with Gasteiger partial charge in [-0.25, -0.2) is 19.6 Å². The van der Waals surface area contributed by atoms with E-state index in [9.17, 15) is 29.4 Å². The lowest BCUT2D eigenvalue weighted by molar-refractivity contribution is 0.0684. The van der Waals surface area contributed by atoms with E-state index in [1.807, 2.05) is 33.4 Å². The summed E-state index contributed by atoms with van der Waals surface area (Å²) in [6, 6.07) is 0. The second-order valence-electron chi connectivity index (χ2n) is 14.5. The van der Waals surface area contributed by atoms with Gasteiger partial charge in [-0.2, -0.15) is 20.0 Å². The summed E-state index contributed by atoms with van der Waals surface area (Å²) in [5.74, 6) is -1.02. The van der Waals surface area contributed by atoms with Crippen molar-refractivity contribution in [1.29, 1.82) is 0 Å². The van der Waals surface area contributed by atoms with Crippen molar-refractivity contribution in [3.05, 3.63) is 56.4 Å². The number of unbranched alkanes of at least 4 members (excludes halogenated alkanes) is 3. The monoisotopic (exact) mass is 856 g/mol. The Balaban J connectivity index is 0.887. The topological polar surface area (TPSA) is 337 Å². The standard InChI is InChI=1S/C38H52N18O6/c1-3-51-21-25(31(59)60)27(57)23-19-45-37(47-29(23)51)55-15-11-53(12-16-55)35(41)49-33(39)43-9-7-5-6-8-10-44-34(40)50-36(42)54-13-17-56(18-14-54)38-46-20-24-28(58)26(32(61)62)22-52(4-2)30(24)48-38/h19-22H,3-18H2,1-2H3,(H,59,60)(H,61,62)(H4,39,41,43,49)(H4,40,42,44,50). The molecule has 0 radical (unpaired) electrons. The van der Waals surface area contributed by atoms with Crippen LogP contribution in [0.5, 0.6) is 0 Å². The van der Waals surface area contributed by atoms with Gasteiger partial charge in [0, 0.05) is 103 Å². The molecule has 6 rings (SSSR count). The Hall–Kier alpha value is -7.40. The fourth-order valence-electron chi connectivity index (χ4n) is 7.10. The molecule has 62 heavy (non-hydrogen) atoms. The van der Waals surface area contributed by atoms with Crippen LogP contribution >= 0.6 is 0 Å². The Morgan fingerprint density at radius 1 is 0.613 bits per heavy atom. The molecule has 0 spiro atoms. The van der Waals surface area contributed by atoms with Crippen molar-refractivity contribution in [2.75, 3.05) is 75.2 Å². The molecule has 330 valence electrons. The highest BCUT2D eigenvalue weighted by atomic mass is 16.4. The summed E-state index contributed by atoms with van der Waals surface area (Å²) in [5.41, 5.74) is 23.5. The first kappa shape index (κ1) is 44.2. The number of aromatic carboxylic acids is 2. The zero-order valence-corrected chi connectivity index (χ0v) is 34.7. The maximum Gasteiger partial charge on any atom is 0.341 e. The number of hydrogen-bond acceptors (Lipinski definition) is 12. The molecule has 10 N–H and O–H groups in total. The van der Waals surface area contributed by atoms with Gasteiger partial charge in [-0.3, -0.25) is 19.6 Å². The lowest BCUT2D eigenvalue weighted by Gasteiger charge is -2.35. The fraction of sp³-hybridized carbons (Fsp3) is 0.474. The van der Waals surface area contributed by atoms with Crippen molar-refractivity contribution in [2.24, 2.45) is 42.9 Å². The molecule has 0 atom stereocenters. The first-order valence-electron chi connectivity index (χ1n) is 20.3. The highest BCUT2D eigenvalue weighted by Gasteiger charge is 2.24. The van der Waals surface area contributed by atoms with Gasteiger partial charge >= 0.3 is 11.9 Å². The summed E-state index contributed by atoms with van der Waals surface area (Å²) in [5, 5.41) is 19.1. The highest BCUT2D eigenvalue weighted by Crippen LogP contribution is 2.18. The van der Waals surface area contributed by atoms with E-state index in [4.69, 9.17) is 22.9 Å². The third-order valence-electron chi connectivity index (χ3n) is 10.6. The van der Waals surface area contributed by atoms with Gasteiger partial charge in [0.25, 0.3) is 0 Å². The molecule has 2 aliphatic heterocycles. The number of carboxylic acid groups (broad SMARTS) is 2. The third-order valence-corrected chi connectivity index (χ3v) is 10.6. The van der Waals surface area contributed by atoms with Gasteiger partial charge in [0.1, 0.15) is 22.4 Å². The van der Waals surface area contributed by atoms with Crippen LogP contribution in [0.4, 0.5) is 11.9 Å². The normalized spacial score (nSPS) is 15.8. The Morgan fingerprint density at radius 3 is 1.32 bits per heavy atom. The van der Waals surface area contributed by atoms with Crippen LogP contribution in [0.25, 0.3) is 22.1 Å². The van der Waals surface area contributed by atoms with Crippen LogP contribution in [0, 0.1) is 0 Å². The summed E-state index contributed by atoms with van der Waals surface area (Å²) in [7, 11) is 0. The number of aryl methyl sites for hydroxylation is 2. The molecule has 24 heteroatoms. The van der Waals surface area contributed by atoms with E-state index in [2.05, 4.69) is 39.9 Å². The molecule has 4 aromatic heterocycles. The molecule has 0 aromatic carbocycles. The zero-order valence-electron chi connectivity index (χ0n) is 34.7. The summed E-state index contributed by atoms with van der Waals surface area (Å²) < 4.78 is 3.26. The van der Waals surface area contributed by atoms with E-state index < -0.39 is 22.8 Å². The van der Waals surface area contributed by atoms with Gasteiger partial charge in [0.2, 0.25) is 34.7 Å². The molecule has 24 nitrogen and oxygen atoms in total. The Bertz CT molecular complexity index is 2380. The van der Waals surface area contributed by atoms with Gasteiger partial charge in [-0.1, -0.05) is 12.8 Å². The minimum Gasteiger partial charge on any atom is -0.477 e. The molecular formula is C38H52N18O6. The molecule has 2 saturated heterocycles. The fourth-order valence-corrected chi connectivity index (χ4v) is 7.10. The molecule has 4 aromatic rings. The Morgan fingerprint density at radius 2 is 0.984 bits per heavy atom. The second kappa shape index (κ2) is 19.8. The number of piperazine rings is 2. The van der Waals surface area contributed by atoms with E-state index in [1.165, 1.54) is 24.8 Å². The maximum atomic E-state index is 12.7. The van der Waals surface area contributed by atoms with Crippen LogP contribution in [0.15, 0.2) is 54.3 Å². The number of nitrogens with two attached hydrogens (primary N) is 4. The van der Waals surface area contributed by atoms with E-state index in [1.54, 1.807) is 9.13 Å². The number of rotatable bonds is 13. The van der Waals surface area contributed by atoms with Gasteiger partial charge in [-0.05, 0) is 26.7 Å². The molecule has 0 bridgehead atoms. The average Bonchev–Trinajstić information content (AvgIpc) is 3.27. The maximum absolute atomic E-state index is 12.7. The molecule has 0 saturated carbocycles. The summed E-state index contributed by atoms with van der Waals surface area (Å²) in [6.07, 6.45) is 8.78. The van der Waals surface area contributed by atoms with Crippen molar-refractivity contribution < 1.29 is 19.8 Å². The number of pyridine rings is 2. The van der Waals surface area contributed by atoms with Crippen LogP contribution in [0.3, 0.4) is 0 Å². The summed E-state index contributed by atoms with van der Waals surface area (Å²) in [4.78, 5) is 91.2. The number of nitrogens with zero attached hydrogens (tertiary/aromatic N) is 14. The molecule has 0 aliphatic carbocycles. The first-order chi connectivity index (χ1) is 29.8. The second-order valence-corrected chi connectivity index (χ2v) is 14.5. The van der Waals surface area contributed by atoms with Crippen molar-refractivity contribution >= 4 is 69.7 Å². The van der Waals surface area contributed by atoms with Crippen molar-refractivity contribution in [1.82, 2.24) is 38.9 Å². The van der Waals surface area contributed by atoms with E-state index >= 15 is 0 Å². The Labute approximate surface area is 355 Å². The molecule has 2 aliphatic rings. The van der Waals surface area contributed by atoms with Gasteiger partial charge < -0.3 is 61.9 Å². The lowest BCUT2D eigenvalue weighted by Crippen LogP contribution is -2.52. The van der Waals surface area contributed by atoms with Crippen LogP contribution in [-0.2, 0) is 13.1 Å². The van der Waals surface area contributed by atoms with Crippen molar-refractivity contribution in [2.45, 2.75) is 52.6 Å². The predicted octanol–water partition coefficient (Wildman–Crippen LogP) is -0.904. The van der Waals surface area contributed by atoms with Crippen molar-refractivity contribution in [3.8, 4) is 0 Å². The number of hydrogen-bond donors (Lipinski definition) is 6. The molecule has 0 unspecified atom stereocenters. The molecule has 0 amide bonds. The number of carboxylic acids is 2. The third kappa shape index (κ3) is 10.1. The number of carbonyl (C=O) groups is 2. The zero-order chi connectivity index (χ0) is 44.5. The summed E-state index contributed by atoms with van der Waals surface area (Å²) >= 11 is 0. The number of fused-ring (bicyclic) bond motifs is 2. The van der Waals surface area contributed by atoms with Gasteiger partial charge in [-0.15, -0.1) is 0 Å². The van der Waals surface area contributed by atoms with E-state index in [-0.39, 0.29) is 45.7 Å². The smallest absolute Gasteiger partial charge is 0.341 e. The first-order valence-corrected chi connectivity index (χ1v) is 20.3. The minimum atomic E-state index is -1.29. The molecule has 2 fully saturated rings. The molecular weight excluding hydrogens is 805 g/mol. The van der Waals surface area contributed by atoms with Gasteiger partial charge in [0.05, 0.1) is 10.8 Å². The average molecular weight is 857 g/mol. The largest absolute Gasteiger partial charge is 0.477 e. The number of aromatic nitrogens is 6. The van der Waals surface area contributed by atoms with E-state index in [0.717, 1.165) is 25.7 Å². The molecule has 6 heterocycles. The predicted molar refractivity (Wildman–Crippen MR) is 235 cm³/mol. The SMILES string of the molecule is CCn1cc(C(=O)O)c(=O)c2cnc(N3CCN(/C(N)=N/C(N)=NCCCCCCN=C(N)/N=C(\N)N4CCN(c5ncc6c(=O)c(C(=O)O)cn(CC)c6n5)CC4)CC3)nc21. The van der Waals surface area contributed by atoms with Crippen molar-refractivity contribution in [3.63, 3.8) is 0 Å². The summed E-state index contributed by atoms with van der Waals surface area (Å²) in [6.45, 7) is 9.78. The lowest BCUT2D eigenvalue weighted by atomic mass is 10.2. The highest BCUT2D eigenvalue weighted by molar-refractivity contribution is 5.95. The van der Waals surface area contributed by atoms with Crippen LogP contribution in [-0.4, -0.2) is 150 Å². The van der Waals surface area contributed by atoms with Gasteiger partial charge in [0.15, 0.2) is 11.9 Å². The number of anilines is 2. The minimum absolute atomic E-state index is 0.0958. The van der Waals surface area contributed by atoms with Crippen LogP contribution < -0.4 is 43.6 Å². The quantitative estimate of drug-likeness (QED) is 0.0539. The van der Waals surface area contributed by atoms with Crippen LogP contribution in [0.1, 0.15) is 60.2 Å². The number of guanidine groups is 4. The van der Waals surface area contributed by atoms with Crippen LogP contribution in [0.2, 0.25) is 0 Å². The number of aliphatic imine (C=N–C) groups is 4.